The lowest BCUT2D eigenvalue weighted by molar-refractivity contribution is -0.131. The van der Waals surface area contributed by atoms with Crippen molar-refractivity contribution < 1.29 is 4.79 Å². The van der Waals surface area contributed by atoms with Gasteiger partial charge in [0, 0.05) is 25.6 Å². The summed E-state index contributed by atoms with van der Waals surface area (Å²) in [5, 5.41) is 0. The zero-order valence-corrected chi connectivity index (χ0v) is 11.3. The van der Waals surface area contributed by atoms with Gasteiger partial charge in [-0.05, 0) is 23.1 Å². The minimum atomic E-state index is 0.122. The van der Waals surface area contributed by atoms with E-state index in [-0.39, 0.29) is 11.9 Å². The fourth-order valence-electron chi connectivity index (χ4n) is 2.52. The average molecular weight is 246 g/mol. The van der Waals surface area contributed by atoms with Crippen LogP contribution in [0.2, 0.25) is 0 Å². The molecule has 98 valence electrons. The van der Waals surface area contributed by atoms with Gasteiger partial charge >= 0.3 is 0 Å². The van der Waals surface area contributed by atoms with Crippen LogP contribution in [-0.4, -0.2) is 10.8 Å². The van der Waals surface area contributed by atoms with Crippen LogP contribution in [0.5, 0.6) is 0 Å². The lowest BCUT2D eigenvalue weighted by atomic mass is 9.99. The summed E-state index contributed by atoms with van der Waals surface area (Å²) in [6.45, 7) is 5.56. The summed E-state index contributed by atoms with van der Waals surface area (Å²) in [5.74, 6) is 0.227. The summed E-state index contributed by atoms with van der Waals surface area (Å²) in [6.07, 6.45) is 2.69. The minimum absolute atomic E-state index is 0.122. The Hall–Kier alpha value is -1.35. The van der Waals surface area contributed by atoms with Crippen molar-refractivity contribution in [2.24, 2.45) is 5.73 Å². The van der Waals surface area contributed by atoms with E-state index in [4.69, 9.17) is 5.73 Å². The van der Waals surface area contributed by atoms with Gasteiger partial charge in [-0.15, -0.1) is 0 Å². The molecule has 3 nitrogen and oxygen atoms in total. The Bertz CT molecular complexity index is 442. The highest BCUT2D eigenvalue weighted by Crippen LogP contribution is 2.27. The molecule has 0 bridgehead atoms. The topological polar surface area (TPSA) is 46.3 Å². The average Bonchev–Trinajstić information content (AvgIpc) is 2.80. The highest BCUT2D eigenvalue weighted by atomic mass is 16.2. The third-order valence-electron chi connectivity index (χ3n) is 3.64. The monoisotopic (exact) mass is 246 g/mol. The van der Waals surface area contributed by atoms with E-state index in [0.717, 1.165) is 25.9 Å². The van der Waals surface area contributed by atoms with Crippen LogP contribution in [-0.2, 0) is 17.9 Å². The van der Waals surface area contributed by atoms with E-state index in [2.05, 4.69) is 25.1 Å². The molecule has 0 radical (unpaired) electrons. The second kappa shape index (κ2) is 5.53. The molecule has 1 amide bonds. The number of carbonyl (C=O) groups is 1. The number of benzene rings is 1. The number of nitrogens with two attached hydrogens (primary N) is 1. The Morgan fingerprint density at radius 2 is 2.06 bits per heavy atom. The third kappa shape index (κ3) is 2.56. The summed E-state index contributed by atoms with van der Waals surface area (Å²) in [4.78, 5) is 13.6. The van der Waals surface area contributed by atoms with E-state index in [0.29, 0.717) is 6.42 Å². The molecule has 1 unspecified atom stereocenters. The van der Waals surface area contributed by atoms with Gasteiger partial charge in [-0.25, -0.2) is 0 Å². The van der Waals surface area contributed by atoms with Crippen LogP contribution < -0.4 is 5.73 Å². The highest BCUT2D eigenvalue weighted by molar-refractivity contribution is 5.76. The Morgan fingerprint density at radius 1 is 1.33 bits per heavy atom. The molecule has 1 aliphatic rings. The maximum absolute atomic E-state index is 11.7. The van der Waals surface area contributed by atoms with Gasteiger partial charge in [0.2, 0.25) is 5.91 Å². The molecule has 1 aromatic carbocycles. The molecule has 18 heavy (non-hydrogen) atoms. The van der Waals surface area contributed by atoms with Crippen molar-refractivity contribution in [1.29, 1.82) is 0 Å². The van der Waals surface area contributed by atoms with Gasteiger partial charge in [0.15, 0.2) is 0 Å². The van der Waals surface area contributed by atoms with Crippen LogP contribution in [0.4, 0.5) is 0 Å². The number of amides is 1. The summed E-state index contributed by atoms with van der Waals surface area (Å²) in [5.41, 5.74) is 9.87. The fourth-order valence-corrected chi connectivity index (χ4v) is 2.52. The van der Waals surface area contributed by atoms with Crippen molar-refractivity contribution in [2.75, 3.05) is 0 Å². The highest BCUT2D eigenvalue weighted by Gasteiger charge is 2.22. The molecule has 0 aromatic heterocycles. The molecule has 3 heteroatoms. The van der Waals surface area contributed by atoms with Crippen molar-refractivity contribution in [2.45, 2.75) is 52.2 Å². The Balaban J connectivity index is 2.14. The van der Waals surface area contributed by atoms with Gasteiger partial charge in [-0.1, -0.05) is 38.5 Å². The van der Waals surface area contributed by atoms with Crippen LogP contribution in [0.25, 0.3) is 0 Å². The number of hydrogen-bond donors (Lipinski definition) is 1. The smallest absolute Gasteiger partial charge is 0.222 e. The van der Waals surface area contributed by atoms with E-state index in [1.807, 2.05) is 11.8 Å². The first kappa shape index (κ1) is 13.1. The van der Waals surface area contributed by atoms with Gasteiger partial charge in [0.05, 0.1) is 0 Å². The summed E-state index contributed by atoms with van der Waals surface area (Å²) in [6, 6.07) is 6.54. The van der Waals surface area contributed by atoms with Crippen LogP contribution in [0.1, 0.15) is 55.8 Å². The van der Waals surface area contributed by atoms with Crippen molar-refractivity contribution >= 4 is 5.91 Å². The standard InChI is InChI=1S/C15H22N2O/c1-3-5-14(16)11-6-7-12-9-17(15(18)4-2)10-13(12)8-11/h6-8,14H,3-5,9-10,16H2,1-2H3. The molecule has 0 aliphatic carbocycles. The lowest BCUT2D eigenvalue weighted by Crippen LogP contribution is -2.23. The first-order valence-corrected chi connectivity index (χ1v) is 6.80. The first-order valence-electron chi connectivity index (χ1n) is 6.80. The molecule has 0 spiro atoms. The van der Waals surface area contributed by atoms with Crippen LogP contribution in [0, 0.1) is 0 Å². The van der Waals surface area contributed by atoms with Crippen molar-refractivity contribution in [3.05, 3.63) is 34.9 Å². The van der Waals surface area contributed by atoms with Crippen LogP contribution in [0.15, 0.2) is 18.2 Å². The van der Waals surface area contributed by atoms with Gasteiger partial charge in [0.25, 0.3) is 0 Å². The molecule has 2 N–H and O–H groups in total. The Morgan fingerprint density at radius 3 is 2.72 bits per heavy atom. The normalized spacial score (nSPS) is 15.6. The lowest BCUT2D eigenvalue weighted by Gasteiger charge is -2.13. The first-order chi connectivity index (χ1) is 8.65. The van der Waals surface area contributed by atoms with Gasteiger partial charge in [-0.3, -0.25) is 4.79 Å². The number of rotatable bonds is 4. The van der Waals surface area contributed by atoms with E-state index in [1.54, 1.807) is 0 Å². The van der Waals surface area contributed by atoms with Crippen LogP contribution in [0.3, 0.4) is 0 Å². The van der Waals surface area contributed by atoms with Crippen molar-refractivity contribution in [3.8, 4) is 0 Å². The summed E-state index contributed by atoms with van der Waals surface area (Å²) >= 11 is 0. The van der Waals surface area contributed by atoms with Crippen molar-refractivity contribution in [3.63, 3.8) is 0 Å². The number of hydrogen-bond acceptors (Lipinski definition) is 2. The van der Waals surface area contributed by atoms with Crippen LogP contribution >= 0.6 is 0 Å². The maximum Gasteiger partial charge on any atom is 0.222 e. The zero-order valence-electron chi connectivity index (χ0n) is 11.3. The molecule has 0 saturated carbocycles. The van der Waals surface area contributed by atoms with Gasteiger partial charge < -0.3 is 10.6 Å². The molecule has 1 aliphatic heterocycles. The Labute approximate surface area is 109 Å². The van der Waals surface area contributed by atoms with Gasteiger partial charge in [0.1, 0.15) is 0 Å². The van der Waals surface area contributed by atoms with E-state index in [9.17, 15) is 4.79 Å². The van der Waals surface area contributed by atoms with Crippen molar-refractivity contribution in [1.82, 2.24) is 4.90 Å². The quantitative estimate of drug-likeness (QED) is 0.888. The second-order valence-electron chi connectivity index (χ2n) is 5.03. The second-order valence-corrected chi connectivity index (χ2v) is 5.03. The van der Waals surface area contributed by atoms with Gasteiger partial charge in [-0.2, -0.15) is 0 Å². The SMILES string of the molecule is CCCC(N)c1ccc2c(c1)CN(C(=O)CC)C2. The molecule has 0 fully saturated rings. The number of carbonyl (C=O) groups excluding carboxylic acids is 1. The largest absolute Gasteiger partial charge is 0.334 e. The summed E-state index contributed by atoms with van der Waals surface area (Å²) < 4.78 is 0. The maximum atomic E-state index is 11.7. The molecule has 1 aromatic rings. The molecular formula is C15H22N2O. The molecule has 0 saturated heterocycles. The third-order valence-corrected chi connectivity index (χ3v) is 3.64. The zero-order chi connectivity index (χ0) is 13.1. The number of fused-ring (bicyclic) bond motifs is 1. The molecule has 1 atom stereocenters. The fraction of sp³-hybridized carbons (Fsp3) is 0.533. The predicted molar refractivity (Wildman–Crippen MR) is 72.8 cm³/mol. The summed E-state index contributed by atoms with van der Waals surface area (Å²) in [7, 11) is 0. The Kier molecular flexibility index (Phi) is 4.02. The van der Waals surface area contributed by atoms with E-state index >= 15 is 0 Å². The number of nitrogens with zero attached hydrogens (tertiary/aromatic N) is 1. The predicted octanol–water partition coefficient (Wildman–Crippen LogP) is 2.74. The molecular weight excluding hydrogens is 224 g/mol. The molecule has 2 rings (SSSR count). The molecule has 1 heterocycles. The minimum Gasteiger partial charge on any atom is -0.334 e. The van der Waals surface area contributed by atoms with E-state index < -0.39 is 0 Å². The van der Waals surface area contributed by atoms with E-state index in [1.165, 1.54) is 16.7 Å².